The normalized spacial score (nSPS) is 14.2. The average Bonchev–Trinajstić information content (AvgIpc) is 3.07. The first kappa shape index (κ1) is 19.8. The molecule has 0 radical (unpaired) electrons. The minimum absolute atomic E-state index is 0.159. The van der Waals surface area contributed by atoms with E-state index >= 15 is 0 Å². The number of rotatable bonds is 3. The molecule has 6 nitrogen and oxygen atoms in total. The Morgan fingerprint density at radius 3 is 2.58 bits per heavy atom. The van der Waals surface area contributed by atoms with Crippen molar-refractivity contribution in [3.8, 4) is 0 Å². The van der Waals surface area contributed by atoms with Gasteiger partial charge in [-0.05, 0) is 30.7 Å². The van der Waals surface area contributed by atoms with Crippen LogP contribution < -0.4 is 9.80 Å². The number of halogens is 1. The van der Waals surface area contributed by atoms with Crippen molar-refractivity contribution in [2.45, 2.75) is 13.0 Å². The monoisotopic (exact) mass is 436 g/mol. The van der Waals surface area contributed by atoms with Crippen LogP contribution in [0.2, 0.25) is 0 Å². The molecular weight excluding hydrogens is 415 g/mol. The SMILES string of the molecule is COCc1c(C(=O)N2CCCN(C)c3nc4ccccc4nc32)sc2cccc(F)c12. The Morgan fingerprint density at radius 2 is 1.84 bits per heavy atom. The third-order valence-electron chi connectivity index (χ3n) is 5.52. The van der Waals surface area contributed by atoms with Crippen LogP contribution in [0.3, 0.4) is 0 Å². The topological polar surface area (TPSA) is 58.6 Å². The van der Waals surface area contributed by atoms with Crippen molar-refractivity contribution >= 4 is 50.0 Å². The van der Waals surface area contributed by atoms with Gasteiger partial charge in [-0.1, -0.05) is 18.2 Å². The van der Waals surface area contributed by atoms with Gasteiger partial charge in [0.15, 0.2) is 11.6 Å². The summed E-state index contributed by atoms with van der Waals surface area (Å²) in [5, 5.41) is 0.453. The van der Waals surface area contributed by atoms with E-state index in [2.05, 4.69) is 0 Å². The summed E-state index contributed by atoms with van der Waals surface area (Å²) in [4.78, 5) is 27.6. The van der Waals surface area contributed by atoms with Gasteiger partial charge in [-0.15, -0.1) is 11.3 Å². The summed E-state index contributed by atoms with van der Waals surface area (Å²) in [6, 6.07) is 12.5. The number of para-hydroxylation sites is 2. The molecule has 5 rings (SSSR count). The van der Waals surface area contributed by atoms with Gasteiger partial charge in [-0.3, -0.25) is 9.69 Å². The highest BCUT2D eigenvalue weighted by Gasteiger charge is 2.31. The molecule has 0 spiro atoms. The zero-order chi connectivity index (χ0) is 21.5. The molecule has 0 atom stereocenters. The number of hydrogen-bond acceptors (Lipinski definition) is 6. The fourth-order valence-electron chi connectivity index (χ4n) is 4.04. The van der Waals surface area contributed by atoms with Crippen molar-refractivity contribution in [1.82, 2.24) is 9.97 Å². The molecule has 0 fully saturated rings. The first-order valence-corrected chi connectivity index (χ1v) is 10.9. The first-order chi connectivity index (χ1) is 15.1. The smallest absolute Gasteiger partial charge is 0.270 e. The lowest BCUT2D eigenvalue weighted by molar-refractivity contribution is 0.0986. The summed E-state index contributed by atoms with van der Waals surface area (Å²) < 4.78 is 20.7. The molecule has 31 heavy (non-hydrogen) atoms. The second-order valence-corrected chi connectivity index (χ2v) is 8.60. The van der Waals surface area contributed by atoms with Crippen LogP contribution in [0.1, 0.15) is 21.7 Å². The van der Waals surface area contributed by atoms with Crippen LogP contribution in [0.15, 0.2) is 42.5 Å². The van der Waals surface area contributed by atoms with Crippen LogP contribution >= 0.6 is 11.3 Å². The Balaban J connectivity index is 1.68. The fraction of sp³-hybridized carbons (Fsp3) is 0.261. The number of hydrogen-bond donors (Lipinski definition) is 0. The van der Waals surface area contributed by atoms with Gasteiger partial charge in [-0.2, -0.15) is 0 Å². The predicted octanol–water partition coefficient (Wildman–Crippen LogP) is 4.62. The van der Waals surface area contributed by atoms with Crippen molar-refractivity contribution in [3.05, 3.63) is 58.7 Å². The predicted molar refractivity (Wildman–Crippen MR) is 122 cm³/mol. The van der Waals surface area contributed by atoms with Crippen molar-refractivity contribution in [2.75, 3.05) is 37.0 Å². The highest BCUT2D eigenvalue weighted by molar-refractivity contribution is 7.21. The Labute approximate surface area is 182 Å². The van der Waals surface area contributed by atoms with E-state index in [1.54, 1.807) is 18.1 Å². The lowest BCUT2D eigenvalue weighted by Crippen LogP contribution is -2.32. The molecule has 0 unspecified atom stereocenters. The standard InChI is InChI=1S/C23H21FN4O2S/c1-27-11-6-12-28(22-21(27)25-16-8-3-4-9-17(16)26-22)23(29)20-14(13-30-2)19-15(24)7-5-10-18(19)31-20/h3-5,7-10H,6,11-13H2,1-2H3. The molecule has 0 saturated heterocycles. The number of ether oxygens (including phenoxy) is 1. The van der Waals surface area contributed by atoms with E-state index in [1.165, 1.54) is 17.4 Å². The van der Waals surface area contributed by atoms with E-state index in [9.17, 15) is 9.18 Å². The molecule has 2 aromatic carbocycles. The highest BCUT2D eigenvalue weighted by atomic mass is 32.1. The van der Waals surface area contributed by atoms with E-state index in [0.29, 0.717) is 34.0 Å². The van der Waals surface area contributed by atoms with Crippen LogP contribution in [0.4, 0.5) is 16.0 Å². The van der Waals surface area contributed by atoms with Gasteiger partial charge < -0.3 is 9.64 Å². The molecule has 3 heterocycles. The summed E-state index contributed by atoms with van der Waals surface area (Å²) in [5.74, 6) is 0.658. The summed E-state index contributed by atoms with van der Waals surface area (Å²) in [7, 11) is 3.51. The number of nitrogens with zero attached hydrogens (tertiary/aromatic N) is 4. The number of anilines is 2. The molecule has 0 aliphatic carbocycles. The van der Waals surface area contributed by atoms with Gasteiger partial charge in [-0.25, -0.2) is 14.4 Å². The van der Waals surface area contributed by atoms with Gasteiger partial charge >= 0.3 is 0 Å². The largest absolute Gasteiger partial charge is 0.380 e. The summed E-state index contributed by atoms with van der Waals surface area (Å²) >= 11 is 1.29. The quantitative estimate of drug-likeness (QED) is 0.469. The number of amides is 1. The molecule has 1 aliphatic rings. The Kier molecular flexibility index (Phi) is 5.03. The first-order valence-electron chi connectivity index (χ1n) is 10.1. The summed E-state index contributed by atoms with van der Waals surface area (Å²) in [6.45, 7) is 1.42. The molecule has 8 heteroatoms. The van der Waals surface area contributed by atoms with Crippen LogP contribution in [-0.2, 0) is 11.3 Å². The van der Waals surface area contributed by atoms with Gasteiger partial charge in [0.2, 0.25) is 0 Å². The van der Waals surface area contributed by atoms with Gasteiger partial charge in [0.25, 0.3) is 5.91 Å². The number of methoxy groups -OCH3 is 1. The molecule has 1 amide bonds. The molecule has 0 saturated carbocycles. The summed E-state index contributed by atoms with van der Waals surface area (Å²) in [5.41, 5.74) is 2.10. The third kappa shape index (κ3) is 3.32. The zero-order valence-electron chi connectivity index (χ0n) is 17.3. The second-order valence-electron chi connectivity index (χ2n) is 7.55. The number of aromatic nitrogens is 2. The van der Waals surface area contributed by atoms with Gasteiger partial charge in [0.05, 0.1) is 22.5 Å². The van der Waals surface area contributed by atoms with Crippen LogP contribution in [0.5, 0.6) is 0 Å². The Morgan fingerprint density at radius 1 is 1.10 bits per heavy atom. The van der Waals surface area contributed by atoms with Crippen molar-refractivity contribution in [3.63, 3.8) is 0 Å². The number of thiophene rings is 1. The lowest BCUT2D eigenvalue weighted by atomic mass is 10.1. The molecule has 4 aromatic rings. The van der Waals surface area contributed by atoms with Crippen molar-refractivity contribution < 1.29 is 13.9 Å². The third-order valence-corrected chi connectivity index (χ3v) is 6.70. The van der Waals surface area contributed by atoms with Crippen LogP contribution in [0, 0.1) is 5.82 Å². The highest BCUT2D eigenvalue weighted by Crippen LogP contribution is 2.37. The van der Waals surface area contributed by atoms with Crippen LogP contribution in [-0.4, -0.2) is 43.1 Å². The number of fused-ring (bicyclic) bond motifs is 3. The number of carbonyl (C=O) groups excluding carboxylic acids is 1. The average molecular weight is 437 g/mol. The maximum Gasteiger partial charge on any atom is 0.270 e. The molecule has 2 aromatic heterocycles. The van der Waals surface area contributed by atoms with Crippen molar-refractivity contribution in [2.24, 2.45) is 0 Å². The minimum atomic E-state index is -0.346. The van der Waals surface area contributed by atoms with E-state index in [1.807, 2.05) is 42.3 Å². The maximum absolute atomic E-state index is 14.6. The molecule has 0 N–H and O–H groups in total. The second kappa shape index (κ2) is 7.86. The van der Waals surface area contributed by atoms with Gasteiger partial charge in [0.1, 0.15) is 5.82 Å². The van der Waals surface area contributed by atoms with E-state index in [0.717, 1.165) is 28.7 Å². The molecule has 158 valence electrons. The lowest BCUT2D eigenvalue weighted by Gasteiger charge is -2.23. The molecule has 1 aliphatic heterocycles. The number of carbonyl (C=O) groups is 1. The minimum Gasteiger partial charge on any atom is -0.380 e. The Hall–Kier alpha value is -3.10. The van der Waals surface area contributed by atoms with E-state index in [-0.39, 0.29) is 18.3 Å². The maximum atomic E-state index is 14.6. The molecule has 0 bridgehead atoms. The fourth-order valence-corrected chi connectivity index (χ4v) is 5.21. The van der Waals surface area contributed by atoms with Crippen molar-refractivity contribution in [1.29, 1.82) is 0 Å². The Bertz CT molecular complexity index is 1310. The zero-order valence-corrected chi connectivity index (χ0v) is 18.1. The molecular formula is C23H21FN4O2S. The van der Waals surface area contributed by atoms with Crippen LogP contribution in [0.25, 0.3) is 21.1 Å². The van der Waals surface area contributed by atoms with Gasteiger partial charge in [0, 0.05) is 42.9 Å². The number of benzene rings is 2. The van der Waals surface area contributed by atoms with E-state index in [4.69, 9.17) is 14.7 Å². The summed E-state index contributed by atoms with van der Waals surface area (Å²) in [6.07, 6.45) is 0.773. The van der Waals surface area contributed by atoms with E-state index < -0.39 is 0 Å².